The van der Waals surface area contributed by atoms with Gasteiger partial charge in [-0.25, -0.2) is 4.39 Å². The molecule has 0 unspecified atom stereocenters. The summed E-state index contributed by atoms with van der Waals surface area (Å²) in [5.74, 6) is -0.495. The number of amides is 1. The van der Waals surface area contributed by atoms with Gasteiger partial charge in [-0.2, -0.15) is 0 Å². The van der Waals surface area contributed by atoms with Gasteiger partial charge in [-0.05, 0) is 59.6 Å². The van der Waals surface area contributed by atoms with Crippen LogP contribution in [0.25, 0.3) is 0 Å². The zero-order chi connectivity index (χ0) is 14.7. The number of anilines is 1. The summed E-state index contributed by atoms with van der Waals surface area (Å²) < 4.78 is 14.1. The second kappa shape index (κ2) is 6.18. The molecular formula is C16H15BrFNO. The van der Waals surface area contributed by atoms with Crippen molar-refractivity contribution in [3.8, 4) is 0 Å². The maximum Gasteiger partial charge on any atom is 0.259 e. The summed E-state index contributed by atoms with van der Waals surface area (Å²) in [6.45, 7) is 4.27. The highest BCUT2D eigenvalue weighted by atomic mass is 79.9. The first kappa shape index (κ1) is 14.7. The lowest BCUT2D eigenvalue weighted by atomic mass is 10.1. The second-order valence-electron chi connectivity index (χ2n) is 4.47. The molecular weight excluding hydrogens is 321 g/mol. The standard InChI is InChI=1S/C16H15BrFNO/c1-3-19(13-8-5-7-12(18)10-13)16(20)14-9-4-6-11(2)15(14)17/h4-10H,3H2,1-2H3. The van der Waals surface area contributed by atoms with Crippen LogP contribution in [-0.2, 0) is 0 Å². The van der Waals surface area contributed by atoms with Crippen LogP contribution in [-0.4, -0.2) is 12.5 Å². The van der Waals surface area contributed by atoms with Crippen molar-refractivity contribution in [3.63, 3.8) is 0 Å². The van der Waals surface area contributed by atoms with Crippen LogP contribution in [0.3, 0.4) is 0 Å². The van der Waals surface area contributed by atoms with Gasteiger partial charge in [-0.3, -0.25) is 4.79 Å². The molecule has 0 saturated heterocycles. The number of nitrogens with zero attached hydrogens (tertiary/aromatic N) is 1. The van der Waals surface area contributed by atoms with Crippen molar-refractivity contribution in [1.82, 2.24) is 0 Å². The van der Waals surface area contributed by atoms with E-state index < -0.39 is 0 Å². The lowest BCUT2D eigenvalue weighted by molar-refractivity contribution is 0.0987. The Hall–Kier alpha value is -1.68. The second-order valence-corrected chi connectivity index (χ2v) is 5.26. The maximum atomic E-state index is 13.3. The van der Waals surface area contributed by atoms with Crippen LogP contribution in [0, 0.1) is 12.7 Å². The first-order valence-electron chi connectivity index (χ1n) is 6.37. The monoisotopic (exact) mass is 335 g/mol. The fourth-order valence-electron chi connectivity index (χ4n) is 2.05. The Balaban J connectivity index is 2.42. The molecule has 2 aromatic carbocycles. The number of benzene rings is 2. The van der Waals surface area contributed by atoms with E-state index in [9.17, 15) is 9.18 Å². The molecule has 0 atom stereocenters. The molecule has 1 amide bonds. The third kappa shape index (κ3) is 2.90. The van der Waals surface area contributed by atoms with Gasteiger partial charge in [0.05, 0.1) is 5.56 Å². The van der Waals surface area contributed by atoms with Gasteiger partial charge in [0.1, 0.15) is 5.82 Å². The van der Waals surface area contributed by atoms with E-state index >= 15 is 0 Å². The summed E-state index contributed by atoms with van der Waals surface area (Å²) in [6.07, 6.45) is 0. The quantitative estimate of drug-likeness (QED) is 0.804. The molecule has 2 rings (SSSR count). The summed E-state index contributed by atoms with van der Waals surface area (Å²) in [5.41, 5.74) is 2.13. The van der Waals surface area contributed by atoms with Crippen LogP contribution >= 0.6 is 15.9 Å². The van der Waals surface area contributed by atoms with Crippen molar-refractivity contribution < 1.29 is 9.18 Å². The molecule has 0 spiro atoms. The first-order chi connectivity index (χ1) is 9.54. The Labute approximate surface area is 126 Å². The lowest BCUT2D eigenvalue weighted by Gasteiger charge is -2.22. The van der Waals surface area contributed by atoms with Crippen molar-refractivity contribution in [2.45, 2.75) is 13.8 Å². The molecule has 20 heavy (non-hydrogen) atoms. The summed E-state index contributed by atoms with van der Waals surface area (Å²) in [6, 6.07) is 11.6. The van der Waals surface area contributed by atoms with Crippen LogP contribution in [0.15, 0.2) is 46.9 Å². The lowest BCUT2D eigenvalue weighted by Crippen LogP contribution is -2.31. The number of carbonyl (C=O) groups excluding carboxylic acids is 1. The molecule has 0 radical (unpaired) electrons. The number of hydrogen-bond acceptors (Lipinski definition) is 1. The zero-order valence-corrected chi connectivity index (χ0v) is 12.9. The Bertz CT molecular complexity index is 642. The van der Waals surface area contributed by atoms with E-state index in [0.717, 1.165) is 10.0 Å². The zero-order valence-electron chi connectivity index (χ0n) is 11.4. The van der Waals surface area contributed by atoms with Gasteiger partial charge >= 0.3 is 0 Å². The topological polar surface area (TPSA) is 20.3 Å². The molecule has 104 valence electrons. The van der Waals surface area contributed by atoms with Gasteiger partial charge in [0.25, 0.3) is 5.91 Å². The highest BCUT2D eigenvalue weighted by Crippen LogP contribution is 2.25. The summed E-state index contributed by atoms with van der Waals surface area (Å²) in [5, 5.41) is 0. The minimum Gasteiger partial charge on any atom is -0.309 e. The van der Waals surface area contributed by atoms with Crippen LogP contribution in [0.4, 0.5) is 10.1 Å². The maximum absolute atomic E-state index is 13.3. The van der Waals surface area contributed by atoms with Gasteiger partial charge in [0.2, 0.25) is 0 Å². The number of halogens is 2. The van der Waals surface area contributed by atoms with E-state index in [1.807, 2.05) is 26.0 Å². The highest BCUT2D eigenvalue weighted by molar-refractivity contribution is 9.10. The van der Waals surface area contributed by atoms with Gasteiger partial charge in [0.15, 0.2) is 0 Å². The fourth-order valence-corrected chi connectivity index (χ4v) is 2.48. The Kier molecular flexibility index (Phi) is 4.55. The van der Waals surface area contributed by atoms with E-state index in [1.54, 1.807) is 23.1 Å². The van der Waals surface area contributed by atoms with Crippen LogP contribution < -0.4 is 4.90 Å². The van der Waals surface area contributed by atoms with Crippen LogP contribution in [0.5, 0.6) is 0 Å². The predicted molar refractivity (Wildman–Crippen MR) is 82.6 cm³/mol. The summed E-state index contributed by atoms with van der Waals surface area (Å²) >= 11 is 3.44. The van der Waals surface area contributed by atoms with Crippen molar-refractivity contribution in [1.29, 1.82) is 0 Å². The molecule has 0 heterocycles. The molecule has 2 aromatic rings. The molecule has 0 N–H and O–H groups in total. The Morgan fingerprint density at radius 1 is 1.25 bits per heavy atom. The number of aryl methyl sites for hydroxylation is 1. The van der Waals surface area contributed by atoms with Gasteiger partial charge in [-0.1, -0.05) is 18.2 Å². The fraction of sp³-hybridized carbons (Fsp3) is 0.188. The highest BCUT2D eigenvalue weighted by Gasteiger charge is 2.19. The molecule has 0 aliphatic heterocycles. The van der Waals surface area contributed by atoms with E-state index in [4.69, 9.17) is 0 Å². The largest absolute Gasteiger partial charge is 0.309 e. The van der Waals surface area contributed by atoms with Crippen LogP contribution in [0.1, 0.15) is 22.8 Å². The van der Waals surface area contributed by atoms with E-state index in [1.165, 1.54) is 12.1 Å². The first-order valence-corrected chi connectivity index (χ1v) is 7.16. The van der Waals surface area contributed by atoms with Crippen molar-refractivity contribution in [2.75, 3.05) is 11.4 Å². The molecule has 2 nitrogen and oxygen atoms in total. The predicted octanol–water partition coefficient (Wildman–Crippen LogP) is 4.56. The van der Waals surface area contributed by atoms with Crippen molar-refractivity contribution in [2.24, 2.45) is 0 Å². The SMILES string of the molecule is CCN(C(=O)c1cccc(C)c1Br)c1cccc(F)c1. The summed E-state index contributed by atoms with van der Waals surface area (Å²) in [4.78, 5) is 14.2. The molecule has 0 aliphatic rings. The van der Waals surface area contributed by atoms with Gasteiger partial charge in [-0.15, -0.1) is 0 Å². The normalized spacial score (nSPS) is 10.4. The van der Waals surface area contributed by atoms with Crippen LogP contribution in [0.2, 0.25) is 0 Å². The molecule has 0 aromatic heterocycles. The van der Waals surface area contributed by atoms with Gasteiger partial charge in [0, 0.05) is 16.7 Å². The van der Waals surface area contributed by atoms with E-state index in [2.05, 4.69) is 15.9 Å². The molecule has 0 bridgehead atoms. The average Bonchev–Trinajstić information content (AvgIpc) is 2.42. The average molecular weight is 336 g/mol. The molecule has 0 fully saturated rings. The third-order valence-corrected chi connectivity index (χ3v) is 4.16. The smallest absolute Gasteiger partial charge is 0.259 e. The summed E-state index contributed by atoms with van der Waals surface area (Å²) in [7, 11) is 0. The minimum absolute atomic E-state index is 0.145. The third-order valence-electron chi connectivity index (χ3n) is 3.10. The molecule has 4 heteroatoms. The Morgan fingerprint density at radius 2 is 1.95 bits per heavy atom. The Morgan fingerprint density at radius 3 is 2.60 bits per heavy atom. The van der Waals surface area contributed by atoms with E-state index in [0.29, 0.717) is 17.8 Å². The van der Waals surface area contributed by atoms with Gasteiger partial charge < -0.3 is 4.90 Å². The molecule has 0 saturated carbocycles. The number of hydrogen-bond donors (Lipinski definition) is 0. The minimum atomic E-state index is -0.350. The number of rotatable bonds is 3. The van der Waals surface area contributed by atoms with Crippen molar-refractivity contribution >= 4 is 27.5 Å². The van der Waals surface area contributed by atoms with E-state index in [-0.39, 0.29) is 11.7 Å². The number of carbonyl (C=O) groups is 1. The molecule has 0 aliphatic carbocycles. The van der Waals surface area contributed by atoms with Crippen molar-refractivity contribution in [3.05, 3.63) is 63.9 Å².